The zero-order valence-electron chi connectivity index (χ0n) is 13.1. The molecule has 0 aromatic heterocycles. The second-order valence-corrected chi connectivity index (χ2v) is 5.61. The van der Waals surface area contributed by atoms with Gasteiger partial charge < -0.3 is 13.5 Å². The molecule has 22 heavy (non-hydrogen) atoms. The molecule has 0 spiro atoms. The zero-order valence-corrected chi connectivity index (χ0v) is 13.9. The second kappa shape index (κ2) is 13.5. The fraction of sp³-hybridized carbons (Fsp3) is 0.733. The molecule has 6 nitrogen and oxygen atoms in total. The standard InChI is InChI=1S/C15H26O6S/c1-3-5-6-7-8-9-10-13(15(17)21-22(18)19)12-14(16)20-11-4-2/h4,13H,2-3,5-12H2,1H3,(H,18,19)/p-1. The highest BCUT2D eigenvalue weighted by Gasteiger charge is 2.24. The molecule has 0 aliphatic rings. The Labute approximate surface area is 134 Å². The largest absolute Gasteiger partial charge is 0.740 e. The van der Waals surface area contributed by atoms with Crippen molar-refractivity contribution in [2.24, 2.45) is 5.92 Å². The molecule has 0 aromatic carbocycles. The van der Waals surface area contributed by atoms with E-state index < -0.39 is 29.2 Å². The lowest BCUT2D eigenvalue weighted by atomic mass is 9.97. The average Bonchev–Trinajstić information content (AvgIpc) is 2.46. The first-order valence-electron chi connectivity index (χ1n) is 7.59. The van der Waals surface area contributed by atoms with Crippen molar-refractivity contribution in [2.45, 2.75) is 58.3 Å². The van der Waals surface area contributed by atoms with Gasteiger partial charge in [0.2, 0.25) is 0 Å². The van der Waals surface area contributed by atoms with Crippen LogP contribution in [0.4, 0.5) is 0 Å². The minimum atomic E-state index is -2.92. The van der Waals surface area contributed by atoms with Crippen LogP contribution in [0.5, 0.6) is 0 Å². The summed E-state index contributed by atoms with van der Waals surface area (Å²) in [5.74, 6) is -2.26. The van der Waals surface area contributed by atoms with Gasteiger partial charge in [-0.15, -0.1) is 0 Å². The minimum Gasteiger partial charge on any atom is -0.740 e. The van der Waals surface area contributed by atoms with Gasteiger partial charge in [-0.3, -0.25) is 9.59 Å². The number of esters is 1. The van der Waals surface area contributed by atoms with Crippen molar-refractivity contribution >= 4 is 23.3 Å². The van der Waals surface area contributed by atoms with Crippen molar-refractivity contribution in [3.63, 3.8) is 0 Å². The lowest BCUT2D eigenvalue weighted by molar-refractivity contribution is -0.149. The van der Waals surface area contributed by atoms with Gasteiger partial charge in [0.25, 0.3) is 0 Å². The van der Waals surface area contributed by atoms with Crippen molar-refractivity contribution in [2.75, 3.05) is 6.61 Å². The number of ether oxygens (including phenoxy) is 1. The van der Waals surface area contributed by atoms with Gasteiger partial charge in [-0.1, -0.05) is 58.1 Å². The number of hydrogen-bond donors (Lipinski definition) is 0. The van der Waals surface area contributed by atoms with Crippen LogP contribution >= 0.6 is 0 Å². The van der Waals surface area contributed by atoms with Crippen LogP contribution in [0.2, 0.25) is 0 Å². The highest BCUT2D eigenvalue weighted by atomic mass is 32.2. The first kappa shape index (κ1) is 20.8. The quantitative estimate of drug-likeness (QED) is 0.223. The number of carbonyl (C=O) groups is 2. The van der Waals surface area contributed by atoms with Gasteiger partial charge in [-0.2, -0.15) is 0 Å². The van der Waals surface area contributed by atoms with Crippen molar-refractivity contribution in [1.29, 1.82) is 0 Å². The molecule has 0 aliphatic carbocycles. The molecular weight excluding hydrogens is 308 g/mol. The Morgan fingerprint density at radius 2 is 1.86 bits per heavy atom. The number of carbonyl (C=O) groups excluding carboxylic acids is 2. The number of rotatable bonds is 13. The highest BCUT2D eigenvalue weighted by Crippen LogP contribution is 2.18. The van der Waals surface area contributed by atoms with Crippen molar-refractivity contribution in [1.82, 2.24) is 0 Å². The molecule has 128 valence electrons. The van der Waals surface area contributed by atoms with Crippen LogP contribution in [-0.2, 0) is 29.9 Å². The molecule has 7 heteroatoms. The lowest BCUT2D eigenvalue weighted by Gasteiger charge is -2.15. The van der Waals surface area contributed by atoms with E-state index in [-0.39, 0.29) is 13.0 Å². The molecule has 0 saturated carbocycles. The Morgan fingerprint density at radius 3 is 2.45 bits per heavy atom. The molecule has 0 fully saturated rings. The van der Waals surface area contributed by atoms with Gasteiger partial charge in [-0.05, 0) is 6.42 Å². The highest BCUT2D eigenvalue weighted by molar-refractivity contribution is 7.74. The van der Waals surface area contributed by atoms with Crippen LogP contribution in [0.25, 0.3) is 0 Å². The van der Waals surface area contributed by atoms with E-state index in [4.69, 9.17) is 4.74 Å². The molecule has 0 aromatic rings. The van der Waals surface area contributed by atoms with Gasteiger partial charge in [-0.25, -0.2) is 4.21 Å². The van der Waals surface area contributed by atoms with E-state index in [1.54, 1.807) is 0 Å². The van der Waals surface area contributed by atoms with E-state index >= 15 is 0 Å². The molecule has 0 radical (unpaired) electrons. The second-order valence-electron chi connectivity index (χ2n) is 5.04. The summed E-state index contributed by atoms with van der Waals surface area (Å²) >= 11 is -2.92. The predicted octanol–water partition coefficient (Wildman–Crippen LogP) is 2.81. The summed E-state index contributed by atoms with van der Waals surface area (Å²) < 4.78 is 29.9. The maximum absolute atomic E-state index is 11.7. The Bertz CT molecular complexity index is 369. The van der Waals surface area contributed by atoms with E-state index in [0.717, 1.165) is 32.1 Å². The van der Waals surface area contributed by atoms with Crippen LogP contribution in [0.3, 0.4) is 0 Å². The molecule has 2 atom stereocenters. The van der Waals surface area contributed by atoms with Gasteiger partial charge >= 0.3 is 11.9 Å². The van der Waals surface area contributed by atoms with Gasteiger partial charge in [0.1, 0.15) is 18.0 Å². The molecule has 0 saturated heterocycles. The first-order chi connectivity index (χ1) is 10.5. The van der Waals surface area contributed by atoms with Gasteiger partial charge in [0.05, 0.1) is 12.3 Å². The van der Waals surface area contributed by atoms with Crippen LogP contribution in [0.1, 0.15) is 58.3 Å². The summed E-state index contributed by atoms with van der Waals surface area (Å²) in [4.78, 5) is 23.2. The normalized spacial score (nSPS) is 13.2. The van der Waals surface area contributed by atoms with Gasteiger partial charge in [0.15, 0.2) is 0 Å². The topological polar surface area (TPSA) is 92.7 Å². The molecule has 2 unspecified atom stereocenters. The Balaban J connectivity index is 4.27. The van der Waals surface area contributed by atoms with Crippen LogP contribution in [0.15, 0.2) is 12.7 Å². The summed E-state index contributed by atoms with van der Waals surface area (Å²) in [6.07, 6.45) is 7.85. The molecule has 0 N–H and O–H groups in total. The van der Waals surface area contributed by atoms with E-state index in [1.807, 2.05) is 0 Å². The van der Waals surface area contributed by atoms with Crippen LogP contribution in [-0.4, -0.2) is 27.3 Å². The summed E-state index contributed by atoms with van der Waals surface area (Å²) in [5.41, 5.74) is 0. The molecule has 0 heterocycles. The monoisotopic (exact) mass is 333 g/mol. The van der Waals surface area contributed by atoms with Gasteiger partial charge in [0, 0.05) is 0 Å². The molecule has 0 aliphatic heterocycles. The molecular formula is C15H25O6S-. The molecule has 0 rings (SSSR count). The third-order valence-electron chi connectivity index (χ3n) is 3.16. The van der Waals surface area contributed by atoms with E-state index in [2.05, 4.69) is 17.7 Å². The first-order valence-corrected chi connectivity index (χ1v) is 8.59. The zero-order chi connectivity index (χ0) is 16.8. The lowest BCUT2D eigenvalue weighted by Crippen LogP contribution is -2.23. The Morgan fingerprint density at radius 1 is 1.23 bits per heavy atom. The maximum atomic E-state index is 11.7. The molecule has 0 bridgehead atoms. The summed E-state index contributed by atoms with van der Waals surface area (Å²) in [6.45, 7) is 5.61. The number of hydrogen-bond acceptors (Lipinski definition) is 6. The number of unbranched alkanes of at least 4 members (excludes halogenated alkanes) is 5. The third-order valence-corrected chi connectivity index (χ3v) is 3.47. The van der Waals surface area contributed by atoms with Crippen LogP contribution in [0, 0.1) is 5.92 Å². The fourth-order valence-corrected chi connectivity index (χ4v) is 2.29. The Hall–Kier alpha value is -1.21. The van der Waals surface area contributed by atoms with E-state index in [1.165, 1.54) is 12.5 Å². The minimum absolute atomic E-state index is 0.0606. The fourth-order valence-electron chi connectivity index (χ4n) is 2.02. The summed E-state index contributed by atoms with van der Waals surface area (Å²) in [7, 11) is 0. The van der Waals surface area contributed by atoms with E-state index in [9.17, 15) is 18.4 Å². The van der Waals surface area contributed by atoms with Crippen LogP contribution < -0.4 is 0 Å². The van der Waals surface area contributed by atoms with Crippen molar-refractivity contribution < 1.29 is 27.3 Å². The predicted molar refractivity (Wildman–Crippen MR) is 82.3 cm³/mol. The maximum Gasteiger partial charge on any atom is 0.322 e. The average molecular weight is 333 g/mol. The summed E-state index contributed by atoms with van der Waals surface area (Å²) in [5, 5.41) is 0. The third kappa shape index (κ3) is 11.4. The molecule has 0 amide bonds. The smallest absolute Gasteiger partial charge is 0.322 e. The summed E-state index contributed by atoms with van der Waals surface area (Å²) in [6, 6.07) is 0. The van der Waals surface area contributed by atoms with Crippen molar-refractivity contribution in [3.05, 3.63) is 12.7 Å². The van der Waals surface area contributed by atoms with E-state index in [0.29, 0.717) is 6.42 Å². The Kier molecular flexibility index (Phi) is 12.7. The van der Waals surface area contributed by atoms with Crippen molar-refractivity contribution in [3.8, 4) is 0 Å². The SMILES string of the molecule is C=CCOC(=O)CC(CCCCCCCC)C(=O)OS(=O)[O-].